The molecule has 1 atom stereocenters. The van der Waals surface area contributed by atoms with Gasteiger partial charge in [0.25, 0.3) is 0 Å². The smallest absolute Gasteiger partial charge is 0.222 e. The monoisotopic (exact) mass is 425 g/mol. The van der Waals surface area contributed by atoms with Crippen LogP contribution in [-0.4, -0.2) is 48.0 Å². The molecule has 28 heavy (non-hydrogen) atoms. The first-order chi connectivity index (χ1) is 13.2. The van der Waals surface area contributed by atoms with Gasteiger partial charge in [0.1, 0.15) is 5.75 Å². The van der Waals surface area contributed by atoms with E-state index in [1.54, 1.807) is 18.9 Å². The van der Waals surface area contributed by atoms with E-state index < -0.39 is 0 Å². The number of halogens is 1. The van der Waals surface area contributed by atoms with Crippen LogP contribution in [0.4, 0.5) is 0 Å². The normalized spacial score (nSPS) is 21.9. The lowest BCUT2D eigenvalue weighted by molar-refractivity contribution is -0.121. The maximum atomic E-state index is 12.4. The Morgan fingerprint density at radius 1 is 1.21 bits per heavy atom. The van der Waals surface area contributed by atoms with E-state index in [1.807, 2.05) is 24.3 Å². The molecule has 0 bridgehead atoms. The summed E-state index contributed by atoms with van der Waals surface area (Å²) >= 11 is 1.80. The number of amides is 1. The molecule has 2 fully saturated rings. The van der Waals surface area contributed by atoms with Gasteiger partial charge in [0.15, 0.2) is 5.17 Å². The molecule has 2 aliphatic rings. The lowest BCUT2D eigenvalue weighted by atomic mass is 10.1. The highest BCUT2D eigenvalue weighted by Crippen LogP contribution is 2.28. The summed E-state index contributed by atoms with van der Waals surface area (Å²) in [4.78, 5) is 19.6. The molecule has 1 aromatic rings. The lowest BCUT2D eigenvalue weighted by Gasteiger charge is -2.21. The molecule has 3 rings (SSSR count). The second kappa shape index (κ2) is 11.6. The molecule has 1 heterocycles. The minimum atomic E-state index is 0. The van der Waals surface area contributed by atoms with Gasteiger partial charge in [0.2, 0.25) is 5.91 Å². The van der Waals surface area contributed by atoms with E-state index in [0.717, 1.165) is 22.2 Å². The van der Waals surface area contributed by atoms with Gasteiger partial charge in [-0.25, -0.2) is 0 Å². The summed E-state index contributed by atoms with van der Waals surface area (Å²) in [6, 6.07) is 8.50. The van der Waals surface area contributed by atoms with Crippen molar-refractivity contribution in [3.63, 3.8) is 0 Å². The van der Waals surface area contributed by atoms with Crippen LogP contribution in [0.1, 0.15) is 50.5 Å². The quantitative estimate of drug-likeness (QED) is 0.692. The number of nitrogens with zero attached hydrogens (tertiary/aromatic N) is 2. The third kappa shape index (κ3) is 6.59. The summed E-state index contributed by atoms with van der Waals surface area (Å²) in [6.45, 7) is 0.551. The van der Waals surface area contributed by atoms with E-state index in [9.17, 15) is 4.79 Å². The predicted molar refractivity (Wildman–Crippen MR) is 120 cm³/mol. The molecule has 1 saturated heterocycles. The highest BCUT2D eigenvalue weighted by atomic mass is 35.5. The molecule has 1 N–H and O–H groups in total. The van der Waals surface area contributed by atoms with E-state index in [4.69, 9.17) is 9.73 Å². The van der Waals surface area contributed by atoms with Crippen LogP contribution in [0.3, 0.4) is 0 Å². The molecule has 7 heteroatoms. The number of thioether (sulfide) groups is 1. The number of ether oxygens (including phenoxy) is 1. The Balaban J connectivity index is 0.00000280. The number of hydrogen-bond acceptors (Lipinski definition) is 4. The largest absolute Gasteiger partial charge is 0.497 e. The van der Waals surface area contributed by atoms with Gasteiger partial charge in [-0.1, -0.05) is 49.6 Å². The second-order valence-electron chi connectivity index (χ2n) is 7.46. The molecule has 1 unspecified atom stereocenters. The van der Waals surface area contributed by atoms with Crippen molar-refractivity contribution in [2.24, 2.45) is 4.99 Å². The van der Waals surface area contributed by atoms with Gasteiger partial charge >= 0.3 is 0 Å². The Bertz CT molecular complexity index is 646. The standard InChI is InChI=1S/C21H31N3O2S.ClH/c1-24-18(15-27-21(24)23-17-7-5-3-4-6-8-17)13-20(25)22-14-16-9-11-19(26-2)12-10-16;/h9-12,17-18H,3-8,13-15H2,1-2H3,(H,22,25);1H. The van der Waals surface area contributed by atoms with E-state index >= 15 is 0 Å². The Labute approximate surface area is 179 Å². The van der Waals surface area contributed by atoms with Crippen LogP contribution in [0.25, 0.3) is 0 Å². The van der Waals surface area contributed by atoms with E-state index in [2.05, 4.69) is 17.3 Å². The van der Waals surface area contributed by atoms with Gasteiger partial charge < -0.3 is 15.0 Å². The number of aliphatic imine (C=N–C) groups is 1. The summed E-state index contributed by atoms with van der Waals surface area (Å²) in [7, 11) is 3.73. The van der Waals surface area contributed by atoms with Crippen molar-refractivity contribution in [1.29, 1.82) is 0 Å². The first-order valence-electron chi connectivity index (χ1n) is 9.99. The molecule has 1 aliphatic carbocycles. The van der Waals surface area contributed by atoms with Crippen molar-refractivity contribution < 1.29 is 9.53 Å². The highest BCUT2D eigenvalue weighted by Gasteiger charge is 2.29. The maximum Gasteiger partial charge on any atom is 0.222 e. The van der Waals surface area contributed by atoms with Gasteiger partial charge in [-0.05, 0) is 30.5 Å². The number of hydrogen-bond donors (Lipinski definition) is 1. The number of nitrogens with one attached hydrogen (secondary N) is 1. The van der Waals surface area contributed by atoms with Crippen molar-refractivity contribution in [2.45, 2.75) is 63.6 Å². The molecular weight excluding hydrogens is 394 g/mol. The van der Waals surface area contributed by atoms with Gasteiger partial charge in [-0.2, -0.15) is 0 Å². The second-order valence-corrected chi connectivity index (χ2v) is 8.45. The Hall–Kier alpha value is -1.40. The number of carbonyl (C=O) groups excluding carboxylic acids is 1. The first-order valence-corrected chi connectivity index (χ1v) is 11.0. The molecule has 1 aromatic carbocycles. The SMILES string of the molecule is COc1ccc(CNC(=O)CC2CSC(=NC3CCCCCC3)N2C)cc1.Cl. The van der Waals surface area contributed by atoms with Crippen LogP contribution < -0.4 is 10.1 Å². The summed E-state index contributed by atoms with van der Waals surface area (Å²) < 4.78 is 5.16. The van der Waals surface area contributed by atoms with Crippen LogP contribution in [-0.2, 0) is 11.3 Å². The lowest BCUT2D eigenvalue weighted by Crippen LogP contribution is -2.36. The van der Waals surface area contributed by atoms with Crippen molar-refractivity contribution >= 4 is 35.2 Å². The Morgan fingerprint density at radius 3 is 2.54 bits per heavy atom. The van der Waals surface area contributed by atoms with E-state index in [0.29, 0.717) is 19.0 Å². The van der Waals surface area contributed by atoms with Gasteiger partial charge in [0, 0.05) is 31.8 Å². The Kier molecular flexibility index (Phi) is 9.45. The van der Waals surface area contributed by atoms with Crippen molar-refractivity contribution in [1.82, 2.24) is 10.2 Å². The average molecular weight is 426 g/mol. The summed E-state index contributed by atoms with van der Waals surface area (Å²) in [6.07, 6.45) is 8.24. The maximum absolute atomic E-state index is 12.4. The molecule has 5 nitrogen and oxygen atoms in total. The molecule has 1 aliphatic heterocycles. The third-order valence-electron chi connectivity index (χ3n) is 5.44. The number of benzene rings is 1. The van der Waals surface area contributed by atoms with Gasteiger partial charge in [-0.15, -0.1) is 12.4 Å². The van der Waals surface area contributed by atoms with Crippen molar-refractivity contribution in [3.8, 4) is 5.75 Å². The van der Waals surface area contributed by atoms with Crippen molar-refractivity contribution in [3.05, 3.63) is 29.8 Å². The minimum absolute atomic E-state index is 0. The zero-order valence-corrected chi connectivity index (χ0v) is 18.5. The summed E-state index contributed by atoms with van der Waals surface area (Å²) in [5.41, 5.74) is 1.08. The average Bonchev–Trinajstić information content (AvgIpc) is 2.89. The Morgan fingerprint density at radius 2 is 1.89 bits per heavy atom. The van der Waals surface area contributed by atoms with Crippen LogP contribution in [0, 0.1) is 0 Å². The molecule has 0 spiro atoms. The third-order valence-corrected chi connectivity index (χ3v) is 6.64. The summed E-state index contributed by atoms with van der Waals surface area (Å²) in [5.74, 6) is 1.87. The summed E-state index contributed by atoms with van der Waals surface area (Å²) in [5, 5.41) is 4.15. The van der Waals surface area contributed by atoms with Crippen LogP contribution in [0.15, 0.2) is 29.3 Å². The molecule has 1 saturated carbocycles. The predicted octanol–water partition coefficient (Wildman–Crippen LogP) is 4.25. The molecule has 0 aromatic heterocycles. The fourth-order valence-corrected chi connectivity index (χ4v) is 4.90. The van der Waals surface area contributed by atoms with Gasteiger partial charge in [0.05, 0.1) is 13.2 Å². The number of carbonyl (C=O) groups is 1. The van der Waals surface area contributed by atoms with Crippen LogP contribution in [0.5, 0.6) is 5.75 Å². The van der Waals surface area contributed by atoms with Gasteiger partial charge in [-0.3, -0.25) is 9.79 Å². The molecule has 156 valence electrons. The van der Waals surface area contributed by atoms with E-state index in [-0.39, 0.29) is 24.4 Å². The first kappa shape index (κ1) is 22.9. The number of methoxy groups -OCH3 is 1. The molecule has 1 amide bonds. The van der Waals surface area contributed by atoms with E-state index in [1.165, 1.54) is 38.5 Å². The zero-order chi connectivity index (χ0) is 19.1. The van der Waals surface area contributed by atoms with Crippen LogP contribution >= 0.6 is 24.2 Å². The molecule has 0 radical (unpaired) electrons. The fourth-order valence-electron chi connectivity index (χ4n) is 3.64. The zero-order valence-electron chi connectivity index (χ0n) is 16.9. The van der Waals surface area contributed by atoms with Crippen LogP contribution in [0.2, 0.25) is 0 Å². The fraction of sp³-hybridized carbons (Fsp3) is 0.619. The molecular formula is C21H32ClN3O2S. The minimum Gasteiger partial charge on any atom is -0.497 e. The highest BCUT2D eigenvalue weighted by molar-refractivity contribution is 8.14. The van der Waals surface area contributed by atoms with Crippen molar-refractivity contribution in [2.75, 3.05) is 19.9 Å². The number of rotatable bonds is 6. The topological polar surface area (TPSA) is 53.9 Å². The number of amidine groups is 1.